The Labute approximate surface area is 217 Å². The van der Waals surface area contributed by atoms with Crippen LogP contribution in [0.1, 0.15) is 47.5 Å². The summed E-state index contributed by atoms with van der Waals surface area (Å²) < 4.78 is 25.9. The molecule has 0 radical (unpaired) electrons. The molecule has 0 saturated carbocycles. The molecule has 1 spiro atoms. The fourth-order valence-corrected chi connectivity index (χ4v) is 4.95. The van der Waals surface area contributed by atoms with E-state index < -0.39 is 11.4 Å². The van der Waals surface area contributed by atoms with Gasteiger partial charge in [-0.1, -0.05) is 13.8 Å². The maximum Gasteiger partial charge on any atom is 0.410 e. The van der Waals surface area contributed by atoms with Crippen molar-refractivity contribution in [1.82, 2.24) is 14.9 Å². The number of likely N-dealkylation sites (tertiary alicyclic amines) is 1. The van der Waals surface area contributed by atoms with Crippen LogP contribution in [0.25, 0.3) is 0 Å². The number of amides is 2. The van der Waals surface area contributed by atoms with E-state index in [4.69, 9.17) is 9.47 Å². The van der Waals surface area contributed by atoms with E-state index in [0.717, 1.165) is 19.4 Å². The highest BCUT2D eigenvalue weighted by Crippen LogP contribution is 2.44. The van der Waals surface area contributed by atoms with Crippen LogP contribution in [0, 0.1) is 17.2 Å². The number of hydrogen-bond donors (Lipinski definition) is 0. The van der Waals surface area contributed by atoms with Gasteiger partial charge in [-0.3, -0.25) is 4.79 Å². The Balaban J connectivity index is 1.53. The van der Waals surface area contributed by atoms with Gasteiger partial charge in [-0.05, 0) is 45.7 Å². The van der Waals surface area contributed by atoms with Crippen molar-refractivity contribution in [3.05, 3.63) is 36.5 Å². The van der Waals surface area contributed by atoms with Crippen LogP contribution >= 0.6 is 0 Å². The van der Waals surface area contributed by atoms with Crippen molar-refractivity contribution in [3.63, 3.8) is 0 Å². The first kappa shape index (κ1) is 26.6. The van der Waals surface area contributed by atoms with E-state index in [2.05, 4.69) is 14.9 Å². The molecule has 4 rings (SSSR count). The molecule has 2 amide bonds. The molecule has 3 heterocycles. The second kappa shape index (κ2) is 10.1. The van der Waals surface area contributed by atoms with Gasteiger partial charge in [0.15, 0.2) is 17.3 Å². The standard InChI is InChI=1S/C27H36FN5O4/c1-18(2)24(34)31(6)20-13-19(28)7-8-21(20)36-22-14-29-17-30-23(22)32-11-9-27(15-32)10-12-33(16-27)25(35)37-26(3,4)5/h7-8,13-14,17-18H,9-12,15-16H2,1-6H3. The third-order valence-corrected chi connectivity index (χ3v) is 6.81. The minimum Gasteiger partial charge on any atom is -0.450 e. The van der Waals surface area contributed by atoms with Gasteiger partial charge in [0.05, 0.1) is 11.9 Å². The number of ether oxygens (including phenoxy) is 2. The molecule has 1 atom stereocenters. The summed E-state index contributed by atoms with van der Waals surface area (Å²) in [4.78, 5) is 39.2. The van der Waals surface area contributed by atoms with Crippen LogP contribution in [0.5, 0.6) is 11.5 Å². The third-order valence-electron chi connectivity index (χ3n) is 6.81. The Morgan fingerprint density at radius 3 is 2.57 bits per heavy atom. The van der Waals surface area contributed by atoms with Gasteiger partial charge in [0.2, 0.25) is 5.91 Å². The summed E-state index contributed by atoms with van der Waals surface area (Å²) in [6.07, 6.45) is 4.55. The van der Waals surface area contributed by atoms with Gasteiger partial charge < -0.3 is 24.2 Å². The lowest BCUT2D eigenvalue weighted by atomic mass is 9.86. The maximum atomic E-state index is 14.1. The van der Waals surface area contributed by atoms with Crippen LogP contribution in [0.2, 0.25) is 0 Å². The molecule has 37 heavy (non-hydrogen) atoms. The summed E-state index contributed by atoms with van der Waals surface area (Å²) in [6, 6.07) is 4.09. The monoisotopic (exact) mass is 513 g/mol. The first-order valence-corrected chi connectivity index (χ1v) is 12.7. The van der Waals surface area contributed by atoms with Gasteiger partial charge in [-0.25, -0.2) is 19.2 Å². The molecule has 2 fully saturated rings. The summed E-state index contributed by atoms with van der Waals surface area (Å²) in [5, 5.41) is 0. The Hall–Kier alpha value is -3.43. The lowest BCUT2D eigenvalue weighted by molar-refractivity contribution is -0.121. The summed E-state index contributed by atoms with van der Waals surface area (Å²) >= 11 is 0. The molecule has 2 saturated heterocycles. The number of carbonyl (C=O) groups excluding carboxylic acids is 2. The van der Waals surface area contributed by atoms with Crippen molar-refractivity contribution >= 4 is 23.5 Å². The zero-order valence-corrected chi connectivity index (χ0v) is 22.5. The molecule has 2 aromatic rings. The summed E-state index contributed by atoms with van der Waals surface area (Å²) in [5.41, 5.74) is -0.256. The van der Waals surface area contributed by atoms with Crippen molar-refractivity contribution in [1.29, 1.82) is 0 Å². The summed E-state index contributed by atoms with van der Waals surface area (Å²) in [6.45, 7) is 11.9. The van der Waals surface area contributed by atoms with Crippen molar-refractivity contribution in [2.45, 2.75) is 53.1 Å². The van der Waals surface area contributed by atoms with Crippen molar-refractivity contribution in [3.8, 4) is 11.5 Å². The molecule has 2 aliphatic heterocycles. The number of rotatable bonds is 5. The number of carbonyl (C=O) groups is 2. The second-order valence-corrected chi connectivity index (χ2v) is 11.3. The van der Waals surface area contributed by atoms with Gasteiger partial charge >= 0.3 is 6.09 Å². The van der Waals surface area contributed by atoms with Crippen LogP contribution in [0.3, 0.4) is 0 Å². The van der Waals surface area contributed by atoms with Crippen molar-refractivity contribution in [2.75, 3.05) is 43.0 Å². The van der Waals surface area contributed by atoms with E-state index >= 15 is 0 Å². The first-order chi connectivity index (χ1) is 17.4. The predicted molar refractivity (Wildman–Crippen MR) is 138 cm³/mol. The number of benzene rings is 1. The SMILES string of the molecule is CC(C)C(=O)N(C)c1cc(F)ccc1Oc1cncnc1N1CCC2(CCN(C(=O)OC(C)(C)C)C2)C1. The first-order valence-electron chi connectivity index (χ1n) is 12.7. The van der Waals surface area contributed by atoms with Gasteiger partial charge in [-0.15, -0.1) is 0 Å². The molecular formula is C27H36FN5O4. The molecule has 0 N–H and O–H groups in total. The highest BCUT2D eigenvalue weighted by atomic mass is 19.1. The molecule has 0 aliphatic carbocycles. The van der Waals surface area contributed by atoms with E-state index in [1.54, 1.807) is 32.0 Å². The normalized spacial score (nSPS) is 19.6. The van der Waals surface area contributed by atoms with Crippen LogP contribution in [0.4, 0.5) is 20.7 Å². The summed E-state index contributed by atoms with van der Waals surface area (Å²) in [5.74, 6) is 0.490. The number of aromatic nitrogens is 2. The molecule has 1 aromatic carbocycles. The lowest BCUT2D eigenvalue weighted by Crippen LogP contribution is -2.37. The van der Waals surface area contributed by atoms with E-state index in [-0.39, 0.29) is 23.3 Å². The van der Waals surface area contributed by atoms with Gasteiger partial charge in [0, 0.05) is 50.6 Å². The molecule has 1 unspecified atom stereocenters. The number of nitrogens with zero attached hydrogens (tertiary/aromatic N) is 5. The minimum atomic E-state index is -0.533. The second-order valence-electron chi connectivity index (χ2n) is 11.3. The average molecular weight is 514 g/mol. The molecule has 2 aliphatic rings. The van der Waals surface area contributed by atoms with E-state index in [0.29, 0.717) is 42.6 Å². The fourth-order valence-electron chi connectivity index (χ4n) is 4.95. The zero-order chi connectivity index (χ0) is 27.0. The fraction of sp³-hybridized carbons (Fsp3) is 0.556. The molecule has 10 heteroatoms. The van der Waals surface area contributed by atoms with Crippen LogP contribution in [0.15, 0.2) is 30.7 Å². The zero-order valence-electron chi connectivity index (χ0n) is 22.5. The smallest absolute Gasteiger partial charge is 0.410 e. The Kier molecular flexibility index (Phi) is 7.30. The highest BCUT2D eigenvalue weighted by Gasteiger charge is 2.46. The largest absolute Gasteiger partial charge is 0.450 e. The molecule has 0 bridgehead atoms. The average Bonchev–Trinajstić information content (AvgIpc) is 3.45. The maximum absolute atomic E-state index is 14.1. The Morgan fingerprint density at radius 1 is 1.14 bits per heavy atom. The van der Waals surface area contributed by atoms with E-state index in [1.807, 2.05) is 20.8 Å². The van der Waals surface area contributed by atoms with Crippen molar-refractivity contribution in [2.24, 2.45) is 11.3 Å². The predicted octanol–water partition coefficient (Wildman–Crippen LogP) is 4.86. The Bertz CT molecular complexity index is 1170. The minimum absolute atomic E-state index is 0.0515. The van der Waals surface area contributed by atoms with Crippen LogP contribution in [-0.4, -0.2) is 65.7 Å². The molecular weight excluding hydrogens is 477 g/mol. The number of anilines is 2. The third kappa shape index (κ3) is 5.94. The van der Waals surface area contributed by atoms with Crippen molar-refractivity contribution < 1.29 is 23.5 Å². The topological polar surface area (TPSA) is 88.1 Å². The molecule has 1 aromatic heterocycles. The number of halogens is 1. The van der Waals surface area contributed by atoms with Gasteiger partial charge in [0.1, 0.15) is 17.7 Å². The highest BCUT2D eigenvalue weighted by molar-refractivity contribution is 5.95. The van der Waals surface area contributed by atoms with E-state index in [9.17, 15) is 14.0 Å². The Morgan fingerprint density at radius 2 is 1.86 bits per heavy atom. The quantitative estimate of drug-likeness (QED) is 0.564. The van der Waals surface area contributed by atoms with Gasteiger partial charge in [0.25, 0.3) is 0 Å². The van der Waals surface area contributed by atoms with Crippen LogP contribution in [-0.2, 0) is 9.53 Å². The van der Waals surface area contributed by atoms with Crippen LogP contribution < -0.4 is 14.5 Å². The van der Waals surface area contributed by atoms with Gasteiger partial charge in [-0.2, -0.15) is 0 Å². The lowest BCUT2D eigenvalue weighted by Gasteiger charge is -2.27. The molecule has 9 nitrogen and oxygen atoms in total. The summed E-state index contributed by atoms with van der Waals surface area (Å²) in [7, 11) is 1.60. The number of hydrogen-bond acceptors (Lipinski definition) is 7. The van der Waals surface area contributed by atoms with E-state index in [1.165, 1.54) is 29.4 Å². The molecule has 200 valence electrons.